The molecule has 0 amide bonds. The zero-order valence-electron chi connectivity index (χ0n) is 19.0. The Morgan fingerprint density at radius 1 is 0.970 bits per heavy atom. The van der Waals surface area contributed by atoms with Crippen LogP contribution in [-0.2, 0) is 16.4 Å². The van der Waals surface area contributed by atoms with E-state index in [9.17, 15) is 13.2 Å². The molecule has 0 aliphatic carbocycles. The number of carbonyl (C=O) groups excluding carboxylic acids is 1. The van der Waals surface area contributed by atoms with E-state index in [1.54, 1.807) is 55.5 Å². The molecule has 0 bridgehead atoms. The lowest BCUT2D eigenvalue weighted by molar-refractivity contribution is 0.0733. The summed E-state index contributed by atoms with van der Waals surface area (Å²) < 4.78 is 38.6. The van der Waals surface area contributed by atoms with Crippen molar-refractivity contribution in [3.8, 4) is 11.5 Å². The molecule has 0 radical (unpaired) electrons. The topological polar surface area (TPSA) is 72.9 Å². The molecule has 0 aliphatic rings. The van der Waals surface area contributed by atoms with E-state index in [0.717, 1.165) is 9.87 Å². The van der Waals surface area contributed by atoms with Crippen LogP contribution in [0.4, 0.5) is 5.69 Å². The number of halogens is 1. The molecule has 0 unspecified atom stereocenters. The monoisotopic (exact) mass is 487 g/mol. The Morgan fingerprint density at radius 3 is 2.27 bits per heavy atom. The number of hydrogen-bond donors (Lipinski definition) is 0. The van der Waals surface area contributed by atoms with E-state index in [1.165, 1.54) is 19.2 Å². The molecule has 0 atom stereocenters. The first-order chi connectivity index (χ1) is 15.7. The van der Waals surface area contributed by atoms with Gasteiger partial charge in [-0.2, -0.15) is 0 Å². The third-order valence-corrected chi connectivity index (χ3v) is 7.36. The fraction of sp³-hybridized carbons (Fsp3) is 0.240. The van der Waals surface area contributed by atoms with Crippen LogP contribution < -0.4 is 13.8 Å². The molecular formula is C25H26ClNO5S. The van der Waals surface area contributed by atoms with Crippen molar-refractivity contribution in [2.75, 3.05) is 18.0 Å². The number of anilines is 1. The predicted molar refractivity (Wildman–Crippen MR) is 130 cm³/mol. The number of benzene rings is 3. The van der Waals surface area contributed by atoms with Gasteiger partial charge in [-0.15, -0.1) is 0 Å². The van der Waals surface area contributed by atoms with Gasteiger partial charge in [0.05, 0.1) is 22.8 Å². The van der Waals surface area contributed by atoms with Gasteiger partial charge >= 0.3 is 5.97 Å². The molecule has 0 N–H and O–H groups in total. The summed E-state index contributed by atoms with van der Waals surface area (Å²) in [7, 11) is -2.45. The molecule has 0 aliphatic heterocycles. The molecule has 8 heteroatoms. The highest BCUT2D eigenvalue weighted by Gasteiger charge is 2.24. The zero-order chi connectivity index (χ0) is 24.2. The number of esters is 1. The molecule has 3 aromatic rings. The van der Waals surface area contributed by atoms with Gasteiger partial charge in [-0.25, -0.2) is 13.2 Å². The predicted octanol–water partition coefficient (Wildman–Crippen LogP) is 5.65. The first-order valence-electron chi connectivity index (χ1n) is 10.5. The summed E-state index contributed by atoms with van der Waals surface area (Å²) in [4.78, 5) is 12.8. The maximum Gasteiger partial charge on any atom is 0.343 e. The van der Waals surface area contributed by atoms with Gasteiger partial charge in [-0.3, -0.25) is 4.31 Å². The fourth-order valence-corrected chi connectivity index (χ4v) is 4.72. The Labute approximate surface area is 199 Å². The molecule has 33 heavy (non-hydrogen) atoms. The van der Waals surface area contributed by atoms with E-state index < -0.39 is 16.0 Å². The summed E-state index contributed by atoms with van der Waals surface area (Å²) >= 11 is 6.13. The van der Waals surface area contributed by atoms with Gasteiger partial charge in [-0.05, 0) is 86.0 Å². The molecular weight excluding hydrogens is 462 g/mol. The third kappa shape index (κ3) is 5.49. The Hall–Kier alpha value is -3.03. The molecule has 0 saturated carbocycles. The summed E-state index contributed by atoms with van der Waals surface area (Å²) in [6.45, 7) is 6.07. The summed E-state index contributed by atoms with van der Waals surface area (Å²) in [5.74, 6) is 0.360. The molecule has 3 rings (SSSR count). The van der Waals surface area contributed by atoms with Crippen molar-refractivity contribution in [3.05, 3.63) is 82.4 Å². The molecule has 174 valence electrons. The standard InChI is InChI=1S/C25H26ClNO5S/c1-5-18-15-21(12-14-24(18)26)32-25(28)23-16-22(13-7-17(23)3)33(29,30)27(4)19-8-10-20(11-9-19)31-6-2/h7-16H,5-6H2,1-4H3. The van der Waals surface area contributed by atoms with Crippen molar-refractivity contribution in [3.63, 3.8) is 0 Å². The van der Waals surface area contributed by atoms with E-state index in [4.69, 9.17) is 21.1 Å². The number of sulfonamides is 1. The van der Waals surface area contributed by atoms with Crippen molar-refractivity contribution >= 4 is 33.3 Å². The Morgan fingerprint density at radius 2 is 1.64 bits per heavy atom. The second-order valence-electron chi connectivity index (χ2n) is 7.37. The lowest BCUT2D eigenvalue weighted by Gasteiger charge is -2.20. The van der Waals surface area contributed by atoms with Crippen molar-refractivity contribution in [2.24, 2.45) is 0 Å². The normalized spacial score (nSPS) is 11.2. The Bertz CT molecular complexity index is 1260. The van der Waals surface area contributed by atoms with Crippen LogP contribution in [0.15, 0.2) is 65.6 Å². The van der Waals surface area contributed by atoms with Crippen LogP contribution >= 0.6 is 11.6 Å². The molecule has 0 heterocycles. The van der Waals surface area contributed by atoms with E-state index in [0.29, 0.717) is 40.8 Å². The summed E-state index contributed by atoms with van der Waals surface area (Å²) in [6.07, 6.45) is 0.689. The summed E-state index contributed by atoms with van der Waals surface area (Å²) in [5.41, 5.74) is 2.10. The first-order valence-corrected chi connectivity index (χ1v) is 12.3. The quantitative estimate of drug-likeness (QED) is 0.303. The Balaban J connectivity index is 1.88. The molecule has 0 spiro atoms. The fourth-order valence-electron chi connectivity index (χ4n) is 3.24. The van der Waals surface area contributed by atoms with Gasteiger partial charge in [0.2, 0.25) is 0 Å². The van der Waals surface area contributed by atoms with Gasteiger partial charge < -0.3 is 9.47 Å². The maximum absolute atomic E-state index is 13.2. The third-order valence-electron chi connectivity index (χ3n) is 5.21. The second kappa shape index (κ2) is 10.3. The molecule has 6 nitrogen and oxygen atoms in total. The minimum absolute atomic E-state index is 0.0122. The van der Waals surface area contributed by atoms with Gasteiger partial charge in [0.1, 0.15) is 11.5 Å². The van der Waals surface area contributed by atoms with Crippen LogP contribution in [0.5, 0.6) is 11.5 Å². The first kappa shape index (κ1) is 24.6. The number of rotatable bonds is 8. The van der Waals surface area contributed by atoms with Gasteiger partial charge in [0.15, 0.2) is 0 Å². The van der Waals surface area contributed by atoms with Crippen molar-refractivity contribution in [2.45, 2.75) is 32.1 Å². The molecule has 0 aromatic heterocycles. The lowest BCUT2D eigenvalue weighted by atomic mass is 10.1. The number of aryl methyl sites for hydroxylation is 2. The highest BCUT2D eigenvalue weighted by molar-refractivity contribution is 7.92. The number of hydrogen-bond acceptors (Lipinski definition) is 5. The SMILES string of the molecule is CCOc1ccc(N(C)S(=O)(=O)c2ccc(C)c(C(=O)Oc3ccc(Cl)c(CC)c3)c2)cc1. The highest BCUT2D eigenvalue weighted by atomic mass is 35.5. The van der Waals surface area contributed by atoms with Gasteiger partial charge in [0.25, 0.3) is 10.0 Å². The van der Waals surface area contributed by atoms with Gasteiger partial charge in [-0.1, -0.05) is 24.6 Å². The summed E-state index contributed by atoms with van der Waals surface area (Å²) in [5, 5.41) is 0.596. The highest BCUT2D eigenvalue weighted by Crippen LogP contribution is 2.27. The van der Waals surface area contributed by atoms with Crippen LogP contribution in [-0.4, -0.2) is 28.0 Å². The van der Waals surface area contributed by atoms with Gasteiger partial charge in [0, 0.05) is 12.1 Å². The number of ether oxygens (including phenoxy) is 2. The zero-order valence-corrected chi connectivity index (χ0v) is 20.5. The Kier molecular flexibility index (Phi) is 7.66. The smallest absolute Gasteiger partial charge is 0.343 e. The number of carbonyl (C=O) groups is 1. The minimum Gasteiger partial charge on any atom is -0.494 e. The van der Waals surface area contributed by atoms with Crippen LogP contribution in [0, 0.1) is 6.92 Å². The molecule has 0 saturated heterocycles. The largest absolute Gasteiger partial charge is 0.494 e. The van der Waals surface area contributed by atoms with E-state index in [1.807, 2.05) is 13.8 Å². The van der Waals surface area contributed by atoms with Crippen LogP contribution in [0.2, 0.25) is 5.02 Å². The number of nitrogens with zero attached hydrogens (tertiary/aromatic N) is 1. The molecule has 0 fully saturated rings. The average molecular weight is 488 g/mol. The second-order valence-corrected chi connectivity index (χ2v) is 9.75. The minimum atomic E-state index is -3.91. The lowest BCUT2D eigenvalue weighted by Crippen LogP contribution is -2.27. The van der Waals surface area contributed by atoms with E-state index in [-0.39, 0.29) is 10.5 Å². The maximum atomic E-state index is 13.2. The van der Waals surface area contributed by atoms with Crippen LogP contribution in [0.25, 0.3) is 0 Å². The average Bonchev–Trinajstić information content (AvgIpc) is 2.80. The van der Waals surface area contributed by atoms with Crippen molar-refractivity contribution < 1.29 is 22.7 Å². The summed E-state index contributed by atoms with van der Waals surface area (Å²) in [6, 6.07) is 16.1. The van der Waals surface area contributed by atoms with Crippen LogP contribution in [0.3, 0.4) is 0 Å². The van der Waals surface area contributed by atoms with Crippen LogP contribution in [0.1, 0.15) is 35.3 Å². The van der Waals surface area contributed by atoms with Crippen molar-refractivity contribution in [1.82, 2.24) is 0 Å². The van der Waals surface area contributed by atoms with Crippen molar-refractivity contribution in [1.29, 1.82) is 0 Å². The van der Waals surface area contributed by atoms with E-state index in [2.05, 4.69) is 0 Å². The van der Waals surface area contributed by atoms with E-state index >= 15 is 0 Å². The molecule has 3 aromatic carbocycles.